The van der Waals surface area contributed by atoms with Crippen molar-refractivity contribution >= 4 is 11.9 Å². The zero-order valence-electron chi connectivity index (χ0n) is 14.0. The van der Waals surface area contributed by atoms with Gasteiger partial charge in [-0.15, -0.1) is 0 Å². The molecule has 120 valence electrons. The second kappa shape index (κ2) is 9.37. The molecule has 1 N–H and O–H groups in total. The first-order valence-electron chi connectivity index (χ1n) is 7.96. The minimum absolute atomic E-state index is 0.364. The summed E-state index contributed by atoms with van der Waals surface area (Å²) in [5.41, 5.74) is 0. The van der Waals surface area contributed by atoms with Crippen LogP contribution in [0.1, 0.15) is 53.4 Å². The molecule has 0 bridgehead atoms. The Bertz CT molecular complexity index is 413. The number of hydrogen-bond acceptors (Lipinski definition) is 6. The molecule has 6 nitrogen and oxygen atoms in total. The smallest absolute Gasteiger partial charge is 0.322 e. The predicted molar refractivity (Wildman–Crippen MR) is 87.2 cm³/mol. The molecule has 0 aliphatic rings. The molecule has 1 unspecified atom stereocenters. The van der Waals surface area contributed by atoms with E-state index in [-0.39, 0.29) is 0 Å². The van der Waals surface area contributed by atoms with Crippen LogP contribution in [0.4, 0.5) is 11.9 Å². The third kappa shape index (κ3) is 5.36. The molecule has 0 aliphatic carbocycles. The van der Waals surface area contributed by atoms with Crippen molar-refractivity contribution in [2.45, 2.75) is 59.4 Å². The summed E-state index contributed by atoms with van der Waals surface area (Å²) in [4.78, 5) is 15.5. The van der Waals surface area contributed by atoms with Crippen LogP contribution >= 0.6 is 0 Å². The summed E-state index contributed by atoms with van der Waals surface area (Å²) in [6.07, 6.45) is 4.34. The van der Waals surface area contributed by atoms with E-state index in [0.717, 1.165) is 38.8 Å². The third-order valence-electron chi connectivity index (χ3n) is 3.45. The van der Waals surface area contributed by atoms with Crippen molar-refractivity contribution in [3.63, 3.8) is 0 Å². The average molecular weight is 295 g/mol. The summed E-state index contributed by atoms with van der Waals surface area (Å²) >= 11 is 0. The number of nitrogens with one attached hydrogen (secondary N) is 1. The molecule has 1 aromatic rings. The molecule has 1 aromatic heterocycles. The maximum atomic E-state index is 5.21. The van der Waals surface area contributed by atoms with Crippen LogP contribution in [0.5, 0.6) is 6.01 Å². The summed E-state index contributed by atoms with van der Waals surface area (Å²) in [6.45, 7) is 10.5. The Morgan fingerprint density at radius 2 is 1.90 bits per heavy atom. The monoisotopic (exact) mass is 295 g/mol. The molecule has 0 fully saturated rings. The van der Waals surface area contributed by atoms with E-state index in [0.29, 0.717) is 23.9 Å². The van der Waals surface area contributed by atoms with E-state index in [1.807, 2.05) is 0 Å². The van der Waals surface area contributed by atoms with Crippen molar-refractivity contribution in [1.29, 1.82) is 0 Å². The highest BCUT2D eigenvalue weighted by molar-refractivity contribution is 5.39. The zero-order chi connectivity index (χ0) is 15.7. The highest BCUT2D eigenvalue weighted by atomic mass is 16.5. The van der Waals surface area contributed by atoms with Gasteiger partial charge in [-0.3, -0.25) is 0 Å². The number of ether oxygens (including phenoxy) is 1. The molecule has 1 atom stereocenters. The van der Waals surface area contributed by atoms with E-state index in [1.54, 1.807) is 7.11 Å². The molecule has 0 radical (unpaired) electrons. The largest absolute Gasteiger partial charge is 0.467 e. The second-order valence-corrected chi connectivity index (χ2v) is 5.18. The van der Waals surface area contributed by atoms with Gasteiger partial charge >= 0.3 is 6.01 Å². The van der Waals surface area contributed by atoms with Crippen LogP contribution < -0.4 is 15.0 Å². The lowest BCUT2D eigenvalue weighted by Crippen LogP contribution is -2.35. The van der Waals surface area contributed by atoms with Crippen molar-refractivity contribution in [2.75, 3.05) is 30.4 Å². The number of rotatable bonds is 10. The summed E-state index contributed by atoms with van der Waals surface area (Å²) < 4.78 is 5.21. The average Bonchev–Trinajstić information content (AvgIpc) is 2.52. The van der Waals surface area contributed by atoms with E-state index in [4.69, 9.17) is 4.74 Å². The van der Waals surface area contributed by atoms with Crippen molar-refractivity contribution in [3.05, 3.63) is 0 Å². The van der Waals surface area contributed by atoms with E-state index in [9.17, 15) is 0 Å². The van der Waals surface area contributed by atoms with E-state index < -0.39 is 0 Å². The lowest BCUT2D eigenvalue weighted by molar-refractivity contribution is 0.378. The Hall–Kier alpha value is -1.59. The maximum absolute atomic E-state index is 5.21. The van der Waals surface area contributed by atoms with Gasteiger partial charge in [-0.2, -0.15) is 15.0 Å². The van der Waals surface area contributed by atoms with Gasteiger partial charge in [-0.25, -0.2) is 0 Å². The van der Waals surface area contributed by atoms with Gasteiger partial charge in [-0.05, 0) is 26.2 Å². The molecule has 0 spiro atoms. The SMILES string of the molecule is CCCCN(c1nc(NCCC)nc(OC)n1)C(C)CC. The molecule has 1 heterocycles. The van der Waals surface area contributed by atoms with Crippen LogP contribution in [0.15, 0.2) is 0 Å². The molecule has 6 heteroatoms. The minimum atomic E-state index is 0.364. The first-order chi connectivity index (χ1) is 10.2. The van der Waals surface area contributed by atoms with Crippen molar-refractivity contribution in [1.82, 2.24) is 15.0 Å². The van der Waals surface area contributed by atoms with E-state index >= 15 is 0 Å². The van der Waals surface area contributed by atoms with E-state index in [1.165, 1.54) is 0 Å². The van der Waals surface area contributed by atoms with Gasteiger partial charge in [0, 0.05) is 19.1 Å². The normalized spacial score (nSPS) is 12.0. The molecule has 0 saturated heterocycles. The fourth-order valence-corrected chi connectivity index (χ4v) is 1.95. The molecule has 0 aromatic carbocycles. The Labute approximate surface area is 128 Å². The topological polar surface area (TPSA) is 63.2 Å². The van der Waals surface area contributed by atoms with Crippen molar-refractivity contribution < 1.29 is 4.74 Å². The quantitative estimate of drug-likeness (QED) is 0.715. The Morgan fingerprint density at radius 1 is 1.14 bits per heavy atom. The summed E-state index contributed by atoms with van der Waals surface area (Å²) in [6, 6.07) is 0.756. The number of nitrogens with zero attached hydrogens (tertiary/aromatic N) is 4. The highest BCUT2D eigenvalue weighted by Crippen LogP contribution is 2.19. The highest BCUT2D eigenvalue weighted by Gasteiger charge is 2.18. The van der Waals surface area contributed by atoms with Crippen molar-refractivity contribution in [2.24, 2.45) is 0 Å². The van der Waals surface area contributed by atoms with Gasteiger partial charge in [-0.1, -0.05) is 27.2 Å². The maximum Gasteiger partial charge on any atom is 0.322 e. The number of hydrogen-bond donors (Lipinski definition) is 1. The second-order valence-electron chi connectivity index (χ2n) is 5.18. The zero-order valence-corrected chi connectivity index (χ0v) is 14.0. The van der Waals surface area contributed by atoms with Crippen LogP contribution in [-0.2, 0) is 0 Å². The third-order valence-corrected chi connectivity index (χ3v) is 3.45. The summed E-state index contributed by atoms with van der Waals surface area (Å²) in [5.74, 6) is 1.28. The lowest BCUT2D eigenvalue weighted by atomic mass is 10.2. The van der Waals surface area contributed by atoms with Gasteiger partial charge in [0.25, 0.3) is 0 Å². The van der Waals surface area contributed by atoms with Gasteiger partial charge in [0.05, 0.1) is 7.11 Å². The number of methoxy groups -OCH3 is 1. The molecule has 0 amide bonds. The van der Waals surface area contributed by atoms with Gasteiger partial charge in [0.2, 0.25) is 11.9 Å². The van der Waals surface area contributed by atoms with Crippen LogP contribution in [-0.4, -0.2) is 41.2 Å². The fraction of sp³-hybridized carbons (Fsp3) is 0.800. The van der Waals surface area contributed by atoms with Crippen LogP contribution in [0.3, 0.4) is 0 Å². The first kappa shape index (κ1) is 17.5. The van der Waals surface area contributed by atoms with Crippen molar-refractivity contribution in [3.8, 4) is 6.01 Å². The summed E-state index contributed by atoms with van der Waals surface area (Å²) in [5, 5.41) is 3.21. The van der Waals surface area contributed by atoms with E-state index in [2.05, 4.69) is 52.9 Å². The Kier molecular flexibility index (Phi) is 7.79. The summed E-state index contributed by atoms with van der Waals surface area (Å²) in [7, 11) is 1.59. The Balaban J connectivity index is 3.03. The van der Waals surface area contributed by atoms with Gasteiger partial charge < -0.3 is 15.0 Å². The predicted octanol–water partition coefficient (Wildman–Crippen LogP) is 3.11. The van der Waals surface area contributed by atoms with Gasteiger partial charge in [0.1, 0.15) is 0 Å². The van der Waals surface area contributed by atoms with Crippen LogP contribution in [0, 0.1) is 0 Å². The minimum Gasteiger partial charge on any atom is -0.467 e. The number of anilines is 2. The molecular formula is C15H29N5O. The number of unbranched alkanes of at least 4 members (excludes halogenated alkanes) is 1. The molecule has 0 aliphatic heterocycles. The van der Waals surface area contributed by atoms with Crippen LogP contribution in [0.25, 0.3) is 0 Å². The number of aromatic nitrogens is 3. The molecule has 1 rings (SSSR count). The molecular weight excluding hydrogens is 266 g/mol. The van der Waals surface area contributed by atoms with Gasteiger partial charge in [0.15, 0.2) is 0 Å². The fourth-order valence-electron chi connectivity index (χ4n) is 1.95. The Morgan fingerprint density at radius 3 is 2.48 bits per heavy atom. The standard InChI is InChI=1S/C15H29N5O/c1-6-9-11-20(12(4)8-3)14-17-13(16-10-7-2)18-15(19-14)21-5/h12H,6-11H2,1-5H3,(H,16,17,18,19). The first-order valence-corrected chi connectivity index (χ1v) is 7.96. The molecule has 0 saturated carbocycles. The molecule has 21 heavy (non-hydrogen) atoms. The van der Waals surface area contributed by atoms with Crippen LogP contribution in [0.2, 0.25) is 0 Å². The lowest BCUT2D eigenvalue weighted by Gasteiger charge is -2.28.